The molecule has 30 heavy (non-hydrogen) atoms. The number of benzene rings is 2. The van der Waals surface area contributed by atoms with Gasteiger partial charge in [0.1, 0.15) is 6.54 Å². The molecule has 0 atom stereocenters. The second-order valence-corrected chi connectivity index (χ2v) is 10.6. The molecule has 0 aliphatic carbocycles. The van der Waals surface area contributed by atoms with Gasteiger partial charge < -0.3 is 9.85 Å². The number of carbonyl (C=O) groups excluding carboxylic acids is 1. The number of sulfone groups is 1. The van der Waals surface area contributed by atoms with Crippen LogP contribution < -0.4 is 5.48 Å². The first-order valence-corrected chi connectivity index (χ1v) is 11.6. The van der Waals surface area contributed by atoms with Crippen LogP contribution in [0, 0.1) is 17.6 Å². The molecule has 2 aromatic rings. The van der Waals surface area contributed by atoms with Crippen molar-refractivity contribution in [2.75, 3.05) is 19.6 Å². The molecule has 3 rings (SSSR count). The van der Waals surface area contributed by atoms with Crippen LogP contribution in [0.2, 0.25) is 0 Å². The lowest BCUT2D eigenvalue weighted by Gasteiger charge is -2.48. The van der Waals surface area contributed by atoms with E-state index in [0.717, 1.165) is 9.79 Å². The van der Waals surface area contributed by atoms with Crippen molar-refractivity contribution in [1.29, 1.82) is 0 Å². The molecule has 2 N–H and O–H groups in total. The highest BCUT2D eigenvalue weighted by molar-refractivity contribution is 7.99. The molecule has 0 saturated carbocycles. The first-order chi connectivity index (χ1) is 14.3. The van der Waals surface area contributed by atoms with Crippen molar-refractivity contribution in [2.24, 2.45) is 0 Å². The zero-order chi connectivity index (χ0) is 21.8. The maximum Gasteiger partial charge on any atom is 0.265 e. The standard InChI is InChI=1S/C21H22N2O5S2/c1-2-14-23(26)15-12-21(13-16-23,20(24)22-25)30(27,28)19-10-8-18(9-11-19)29-17-6-4-3-5-7-17/h1,3-11,25H,12-16H2,(H,22,24). The van der Waals surface area contributed by atoms with Crippen LogP contribution in [-0.2, 0) is 14.6 Å². The third kappa shape index (κ3) is 4.24. The second kappa shape index (κ2) is 8.79. The Morgan fingerprint density at radius 1 is 1.13 bits per heavy atom. The van der Waals surface area contributed by atoms with Gasteiger partial charge in [-0.1, -0.05) is 30.0 Å². The van der Waals surface area contributed by atoms with Crippen LogP contribution in [0.4, 0.5) is 0 Å². The van der Waals surface area contributed by atoms with Gasteiger partial charge in [0.25, 0.3) is 5.91 Å². The number of hydroxylamine groups is 4. The number of rotatable bonds is 6. The minimum absolute atomic E-state index is 0.0358. The average Bonchev–Trinajstić information content (AvgIpc) is 2.75. The molecule has 1 heterocycles. The van der Waals surface area contributed by atoms with Crippen LogP contribution >= 0.6 is 11.8 Å². The molecule has 0 radical (unpaired) electrons. The molecule has 0 bridgehead atoms. The molecule has 0 spiro atoms. The third-order valence-electron chi connectivity index (χ3n) is 5.37. The first-order valence-electron chi connectivity index (χ1n) is 9.29. The number of piperidine rings is 1. The predicted molar refractivity (Wildman–Crippen MR) is 113 cm³/mol. The number of amides is 1. The molecule has 0 unspecified atom stereocenters. The summed E-state index contributed by atoms with van der Waals surface area (Å²) in [5.41, 5.74) is 1.48. The lowest BCUT2D eigenvalue weighted by molar-refractivity contribution is -0.878. The largest absolute Gasteiger partial charge is 0.632 e. The molecule has 1 saturated heterocycles. The molecule has 9 heteroatoms. The number of carbonyl (C=O) groups is 1. The molecule has 0 aromatic heterocycles. The first kappa shape index (κ1) is 22.3. The zero-order valence-corrected chi connectivity index (χ0v) is 17.8. The summed E-state index contributed by atoms with van der Waals surface area (Å²) in [5.74, 6) is 1.27. The highest BCUT2D eigenvalue weighted by Crippen LogP contribution is 2.38. The minimum atomic E-state index is -4.17. The summed E-state index contributed by atoms with van der Waals surface area (Å²) >= 11 is 1.48. The molecule has 1 fully saturated rings. The Labute approximate surface area is 180 Å². The second-order valence-electron chi connectivity index (χ2n) is 7.19. The van der Waals surface area contributed by atoms with Crippen LogP contribution in [0.5, 0.6) is 0 Å². The number of nitrogens with one attached hydrogen (secondary N) is 1. The molecule has 1 aliphatic heterocycles. The molecule has 7 nitrogen and oxygen atoms in total. The number of quaternary nitrogens is 1. The fraction of sp³-hybridized carbons (Fsp3) is 0.286. The fourth-order valence-electron chi connectivity index (χ4n) is 3.59. The molecule has 1 amide bonds. The van der Waals surface area contributed by atoms with Gasteiger partial charge in [0.2, 0.25) is 0 Å². The molecule has 2 aromatic carbocycles. The smallest absolute Gasteiger partial charge is 0.265 e. The Morgan fingerprint density at radius 2 is 1.70 bits per heavy atom. The van der Waals surface area contributed by atoms with Gasteiger partial charge >= 0.3 is 0 Å². The van der Waals surface area contributed by atoms with Crippen molar-refractivity contribution in [3.63, 3.8) is 0 Å². The van der Waals surface area contributed by atoms with Crippen molar-refractivity contribution in [3.8, 4) is 12.3 Å². The van der Waals surface area contributed by atoms with Crippen LogP contribution in [-0.4, -0.2) is 48.6 Å². The minimum Gasteiger partial charge on any atom is -0.632 e. The highest BCUT2D eigenvalue weighted by atomic mass is 32.2. The third-order valence-corrected chi connectivity index (χ3v) is 8.90. The van der Waals surface area contributed by atoms with Crippen molar-refractivity contribution in [1.82, 2.24) is 5.48 Å². The van der Waals surface area contributed by atoms with E-state index in [9.17, 15) is 23.6 Å². The molecular formula is C21H22N2O5S2. The van der Waals surface area contributed by atoms with Crippen LogP contribution in [0.3, 0.4) is 0 Å². The van der Waals surface area contributed by atoms with Gasteiger partial charge in [0.05, 0.1) is 18.0 Å². The summed E-state index contributed by atoms with van der Waals surface area (Å²) in [6.07, 6.45) is 4.78. The van der Waals surface area contributed by atoms with E-state index in [1.54, 1.807) is 12.1 Å². The van der Waals surface area contributed by atoms with E-state index < -0.39 is 25.1 Å². The summed E-state index contributed by atoms with van der Waals surface area (Å²) in [4.78, 5) is 14.3. The molecule has 1 aliphatic rings. The number of terminal acetylenes is 1. The Hall–Kier alpha value is -2.35. The summed E-state index contributed by atoms with van der Waals surface area (Å²) < 4.78 is 24.2. The van der Waals surface area contributed by atoms with E-state index in [1.165, 1.54) is 29.4 Å². The van der Waals surface area contributed by atoms with Crippen LogP contribution in [0.15, 0.2) is 69.3 Å². The summed E-state index contributed by atoms with van der Waals surface area (Å²) in [6, 6.07) is 15.9. The van der Waals surface area contributed by atoms with Gasteiger partial charge in [-0.3, -0.25) is 10.0 Å². The van der Waals surface area contributed by atoms with Gasteiger partial charge in [-0.25, -0.2) is 13.9 Å². The van der Waals surface area contributed by atoms with Crippen LogP contribution in [0.25, 0.3) is 0 Å². The summed E-state index contributed by atoms with van der Waals surface area (Å²) in [7, 11) is -4.17. The van der Waals surface area contributed by atoms with Gasteiger partial charge in [0, 0.05) is 22.6 Å². The lowest BCUT2D eigenvalue weighted by atomic mass is 9.94. The Balaban J connectivity index is 1.89. The van der Waals surface area contributed by atoms with Gasteiger partial charge in [-0.2, -0.15) is 0 Å². The average molecular weight is 447 g/mol. The van der Waals surface area contributed by atoms with Crippen molar-refractivity contribution in [2.45, 2.75) is 32.3 Å². The zero-order valence-electron chi connectivity index (χ0n) is 16.2. The van der Waals surface area contributed by atoms with Crippen molar-refractivity contribution >= 4 is 27.5 Å². The van der Waals surface area contributed by atoms with Gasteiger partial charge in [-0.15, -0.1) is 6.42 Å². The fourth-order valence-corrected chi connectivity index (χ4v) is 6.38. The van der Waals surface area contributed by atoms with E-state index >= 15 is 0 Å². The maximum absolute atomic E-state index is 13.4. The van der Waals surface area contributed by atoms with E-state index in [4.69, 9.17) is 6.42 Å². The van der Waals surface area contributed by atoms with Gasteiger partial charge in [-0.05, 0) is 42.3 Å². The SMILES string of the molecule is C#CC[N+]1([O-])CCC(C(=O)NO)(S(=O)(=O)c2ccc(Sc3ccccc3)cc2)CC1. The van der Waals surface area contributed by atoms with E-state index in [2.05, 4.69) is 5.92 Å². The summed E-state index contributed by atoms with van der Waals surface area (Å²) in [5, 5.41) is 21.8. The Morgan fingerprint density at radius 3 is 2.23 bits per heavy atom. The number of nitrogens with zero attached hydrogens (tertiary/aromatic N) is 1. The number of hydrogen-bond donors (Lipinski definition) is 2. The summed E-state index contributed by atoms with van der Waals surface area (Å²) in [6.45, 7) is -0.347. The van der Waals surface area contributed by atoms with E-state index in [1.807, 2.05) is 30.3 Å². The lowest BCUT2D eigenvalue weighted by Crippen LogP contribution is -2.61. The Bertz CT molecular complexity index is 1040. The highest BCUT2D eigenvalue weighted by Gasteiger charge is 2.55. The van der Waals surface area contributed by atoms with Crippen LogP contribution in [0.1, 0.15) is 12.8 Å². The maximum atomic E-state index is 13.4. The normalized spacial score (nSPS) is 24.0. The molecule has 158 valence electrons. The quantitative estimate of drug-likeness (QED) is 0.232. The van der Waals surface area contributed by atoms with Crippen molar-refractivity contribution < 1.29 is 23.1 Å². The number of likely N-dealkylation sites (tertiary alicyclic amines) is 1. The van der Waals surface area contributed by atoms with Crippen molar-refractivity contribution in [3.05, 3.63) is 59.8 Å². The topological polar surface area (TPSA) is 107 Å². The van der Waals surface area contributed by atoms with Gasteiger partial charge in [0.15, 0.2) is 14.6 Å². The van der Waals surface area contributed by atoms with E-state index in [0.29, 0.717) is 0 Å². The predicted octanol–water partition coefficient (Wildman–Crippen LogP) is 2.60. The molecular weight excluding hydrogens is 424 g/mol. The van der Waals surface area contributed by atoms with E-state index in [-0.39, 0.29) is 37.4 Å². The Kier molecular flexibility index (Phi) is 6.55. The monoisotopic (exact) mass is 446 g/mol. The number of hydrogen-bond acceptors (Lipinski definition) is 6.